The maximum absolute atomic E-state index is 11.9. The van der Waals surface area contributed by atoms with Crippen molar-refractivity contribution in [2.45, 2.75) is 11.5 Å². The van der Waals surface area contributed by atoms with Crippen LogP contribution in [0.5, 0.6) is 0 Å². The van der Waals surface area contributed by atoms with E-state index in [1.807, 2.05) is 60.7 Å². The smallest absolute Gasteiger partial charge is 0.0998 e. The topological polar surface area (TPSA) is 34.1 Å². The maximum Gasteiger partial charge on any atom is 0.0998 e. The number of hydrogen-bond donors (Lipinski definition) is 0. The van der Waals surface area contributed by atoms with E-state index in [0.717, 1.165) is 11.1 Å². The highest BCUT2D eigenvalue weighted by Crippen LogP contribution is 2.07. The zero-order valence-corrected chi connectivity index (χ0v) is 12.2. The van der Waals surface area contributed by atoms with Gasteiger partial charge in [0.05, 0.1) is 5.08 Å². The summed E-state index contributed by atoms with van der Waals surface area (Å²) in [6.07, 6.45) is 0. The minimum Gasteiger partial charge on any atom is -0.258 e. The first kappa shape index (κ1) is 14.2. The second-order valence-electron chi connectivity index (χ2n) is 4.26. The first-order valence-electron chi connectivity index (χ1n) is 6.02. The van der Waals surface area contributed by atoms with Crippen LogP contribution in [0.1, 0.15) is 11.1 Å². The monoisotopic (exact) mass is 292 g/mol. The molecule has 2 rings (SSSR count). The van der Waals surface area contributed by atoms with Crippen LogP contribution in [0.4, 0.5) is 0 Å². The summed E-state index contributed by atoms with van der Waals surface area (Å²) in [5, 5.41) is 0.240. The number of hydrogen-bond acceptors (Lipinski definition) is 2. The summed E-state index contributed by atoms with van der Waals surface area (Å²) in [7, 11) is -2.15. The molecule has 0 aliphatic rings. The van der Waals surface area contributed by atoms with Crippen LogP contribution in [0, 0.1) is 0 Å². The minimum atomic E-state index is -1.07. The summed E-state index contributed by atoms with van der Waals surface area (Å²) >= 11 is 0. The van der Waals surface area contributed by atoms with Crippen molar-refractivity contribution in [3.63, 3.8) is 0 Å². The van der Waals surface area contributed by atoms with E-state index in [9.17, 15) is 8.42 Å². The van der Waals surface area contributed by atoms with Gasteiger partial charge in [-0.3, -0.25) is 8.42 Å². The zero-order valence-electron chi connectivity index (χ0n) is 10.5. The van der Waals surface area contributed by atoms with Crippen molar-refractivity contribution >= 4 is 21.6 Å². The fourth-order valence-electron chi connectivity index (χ4n) is 1.75. The van der Waals surface area contributed by atoms with Gasteiger partial charge in [0.15, 0.2) is 0 Å². The van der Waals surface area contributed by atoms with Gasteiger partial charge >= 0.3 is 0 Å². The van der Waals surface area contributed by atoms with Gasteiger partial charge in [-0.05, 0) is 11.1 Å². The molecule has 0 saturated heterocycles. The lowest BCUT2D eigenvalue weighted by molar-refractivity contribution is 0.679. The quantitative estimate of drug-likeness (QED) is 0.820. The Morgan fingerprint density at radius 2 is 1.00 bits per heavy atom. The van der Waals surface area contributed by atoms with Crippen molar-refractivity contribution in [2.75, 3.05) is 5.08 Å². The van der Waals surface area contributed by atoms with Crippen molar-refractivity contribution in [1.29, 1.82) is 0 Å². The minimum absolute atomic E-state index is 0.240. The van der Waals surface area contributed by atoms with Crippen LogP contribution in [-0.4, -0.2) is 13.5 Å². The fourth-order valence-corrected chi connectivity index (χ4v) is 4.72. The van der Waals surface area contributed by atoms with Gasteiger partial charge in [0.1, 0.15) is 0 Å². The summed E-state index contributed by atoms with van der Waals surface area (Å²) in [6.45, 7) is 0. The van der Waals surface area contributed by atoms with Gasteiger partial charge < -0.3 is 0 Å². The SMILES string of the molecule is O=S(Cc1ccccc1)CS(=O)Cc1ccccc1. The van der Waals surface area contributed by atoms with Crippen LogP contribution in [0.3, 0.4) is 0 Å². The molecule has 0 spiro atoms. The van der Waals surface area contributed by atoms with E-state index in [2.05, 4.69) is 0 Å². The lowest BCUT2D eigenvalue weighted by Crippen LogP contribution is -2.08. The molecular formula is C15H16O2S2. The molecule has 2 aromatic rings. The average Bonchev–Trinajstić information content (AvgIpc) is 2.40. The van der Waals surface area contributed by atoms with Gasteiger partial charge in [-0.15, -0.1) is 0 Å². The Labute approximate surface area is 118 Å². The van der Waals surface area contributed by atoms with Crippen molar-refractivity contribution in [3.8, 4) is 0 Å². The Kier molecular flexibility index (Phi) is 5.48. The predicted molar refractivity (Wildman–Crippen MR) is 81.4 cm³/mol. The molecule has 0 saturated carbocycles. The second kappa shape index (κ2) is 7.36. The standard InChI is InChI=1S/C15H16O2S2/c16-18(11-14-7-3-1-4-8-14)13-19(17)12-15-9-5-2-6-10-15/h1-10H,11-13H2. The van der Waals surface area contributed by atoms with E-state index >= 15 is 0 Å². The maximum atomic E-state index is 11.9. The van der Waals surface area contributed by atoms with Crippen LogP contribution < -0.4 is 0 Å². The Bertz CT molecular complexity index is 501. The van der Waals surface area contributed by atoms with E-state index in [-0.39, 0.29) is 5.08 Å². The molecule has 2 atom stereocenters. The molecule has 19 heavy (non-hydrogen) atoms. The highest BCUT2D eigenvalue weighted by molar-refractivity contribution is 8.01. The molecule has 0 radical (unpaired) electrons. The van der Waals surface area contributed by atoms with Crippen LogP contribution >= 0.6 is 0 Å². The highest BCUT2D eigenvalue weighted by Gasteiger charge is 2.08. The Balaban J connectivity index is 1.84. The molecule has 0 aliphatic heterocycles. The fraction of sp³-hybridized carbons (Fsp3) is 0.200. The van der Waals surface area contributed by atoms with E-state index in [4.69, 9.17) is 0 Å². The largest absolute Gasteiger partial charge is 0.258 e. The molecule has 0 aliphatic carbocycles. The molecule has 0 bridgehead atoms. The molecule has 100 valence electrons. The molecule has 0 amide bonds. The first-order chi connectivity index (χ1) is 9.24. The highest BCUT2D eigenvalue weighted by atomic mass is 32.2. The van der Waals surface area contributed by atoms with E-state index in [1.165, 1.54) is 0 Å². The van der Waals surface area contributed by atoms with Gasteiger partial charge in [0.25, 0.3) is 0 Å². The molecule has 0 heterocycles. The van der Waals surface area contributed by atoms with Crippen LogP contribution in [0.2, 0.25) is 0 Å². The predicted octanol–water partition coefficient (Wildman–Crippen LogP) is 2.84. The van der Waals surface area contributed by atoms with Gasteiger partial charge in [-0.1, -0.05) is 60.7 Å². The zero-order chi connectivity index (χ0) is 13.5. The van der Waals surface area contributed by atoms with Crippen LogP contribution in [0.15, 0.2) is 60.7 Å². The van der Waals surface area contributed by atoms with E-state index in [0.29, 0.717) is 11.5 Å². The summed E-state index contributed by atoms with van der Waals surface area (Å²) < 4.78 is 23.9. The number of rotatable bonds is 6. The third-order valence-corrected chi connectivity index (χ3v) is 6.02. The molecule has 0 fully saturated rings. The summed E-state index contributed by atoms with van der Waals surface area (Å²) in [5.41, 5.74) is 2.05. The molecule has 0 N–H and O–H groups in total. The van der Waals surface area contributed by atoms with Gasteiger partial charge in [0.2, 0.25) is 0 Å². The number of benzene rings is 2. The Morgan fingerprint density at radius 3 is 1.37 bits per heavy atom. The summed E-state index contributed by atoms with van der Waals surface area (Å²) in [6, 6.07) is 19.3. The molecule has 2 nitrogen and oxygen atoms in total. The van der Waals surface area contributed by atoms with Crippen LogP contribution in [0.25, 0.3) is 0 Å². The third-order valence-electron chi connectivity index (χ3n) is 2.60. The lowest BCUT2D eigenvalue weighted by atomic mass is 10.2. The molecule has 2 unspecified atom stereocenters. The molecule has 4 heteroatoms. The molecule has 2 aromatic carbocycles. The van der Waals surface area contributed by atoms with Crippen molar-refractivity contribution in [2.24, 2.45) is 0 Å². The van der Waals surface area contributed by atoms with Crippen molar-refractivity contribution < 1.29 is 8.42 Å². The Hall–Kier alpha value is -1.26. The van der Waals surface area contributed by atoms with E-state index < -0.39 is 21.6 Å². The van der Waals surface area contributed by atoms with Crippen molar-refractivity contribution in [1.82, 2.24) is 0 Å². The second-order valence-corrected chi connectivity index (χ2v) is 7.54. The van der Waals surface area contributed by atoms with E-state index in [1.54, 1.807) is 0 Å². The lowest BCUT2D eigenvalue weighted by Gasteiger charge is -2.03. The van der Waals surface area contributed by atoms with Crippen molar-refractivity contribution in [3.05, 3.63) is 71.8 Å². The van der Waals surface area contributed by atoms with Crippen LogP contribution in [-0.2, 0) is 33.1 Å². The molecular weight excluding hydrogens is 276 g/mol. The van der Waals surface area contributed by atoms with Gasteiger partial charge in [-0.2, -0.15) is 0 Å². The molecule has 0 aromatic heterocycles. The normalized spacial score (nSPS) is 13.9. The average molecular weight is 292 g/mol. The summed E-state index contributed by atoms with van der Waals surface area (Å²) in [5.74, 6) is 0.947. The third kappa shape index (κ3) is 5.09. The first-order valence-corrected chi connectivity index (χ1v) is 8.99. The Morgan fingerprint density at radius 1 is 0.632 bits per heavy atom. The summed E-state index contributed by atoms with van der Waals surface area (Å²) in [4.78, 5) is 0. The van der Waals surface area contributed by atoms with Gasteiger partial charge in [-0.25, -0.2) is 0 Å². The van der Waals surface area contributed by atoms with Gasteiger partial charge in [0, 0.05) is 33.1 Å².